The van der Waals surface area contributed by atoms with Crippen LogP contribution in [0.4, 0.5) is 10.8 Å². The topological polar surface area (TPSA) is 136 Å². The predicted octanol–water partition coefficient (Wildman–Crippen LogP) is 2.99. The third-order valence-corrected chi connectivity index (χ3v) is 8.29. The van der Waals surface area contributed by atoms with Gasteiger partial charge in [-0.3, -0.25) is 14.8 Å². The zero-order valence-corrected chi connectivity index (χ0v) is 16.7. The van der Waals surface area contributed by atoms with E-state index < -0.39 is 24.8 Å². The van der Waals surface area contributed by atoms with Gasteiger partial charge in [0.25, 0.3) is 15.7 Å². The van der Waals surface area contributed by atoms with Crippen LogP contribution in [0.15, 0.2) is 68.7 Å². The van der Waals surface area contributed by atoms with Crippen molar-refractivity contribution in [1.29, 1.82) is 0 Å². The van der Waals surface area contributed by atoms with E-state index in [4.69, 9.17) is 0 Å². The Morgan fingerprint density at radius 3 is 2.11 bits per heavy atom. The van der Waals surface area contributed by atoms with Gasteiger partial charge in [-0.1, -0.05) is 29.0 Å². The summed E-state index contributed by atoms with van der Waals surface area (Å²) in [4.78, 5) is 13.7. The van der Waals surface area contributed by atoms with Gasteiger partial charge in [0, 0.05) is 12.1 Å². The minimum atomic E-state index is -3.99. The first-order valence-electron chi connectivity index (χ1n) is 7.64. The van der Waals surface area contributed by atoms with E-state index in [1.807, 2.05) is 6.92 Å². The number of hydrogen-bond donors (Lipinski definition) is 1. The molecule has 2 aromatic carbocycles. The van der Waals surface area contributed by atoms with Gasteiger partial charge in [0.05, 0.1) is 20.9 Å². The lowest BCUT2D eigenvalue weighted by molar-refractivity contribution is -0.384. The monoisotopic (exact) mass is 439 g/mol. The molecule has 1 aromatic heterocycles. The summed E-state index contributed by atoms with van der Waals surface area (Å²) < 4.78 is 52.1. The van der Waals surface area contributed by atoms with E-state index in [-0.39, 0.29) is 24.8 Å². The number of sulfone groups is 1. The summed E-state index contributed by atoms with van der Waals surface area (Å²) in [6.45, 7) is 1.82. The number of rotatable bonds is 6. The molecule has 1 N–H and O–H groups in total. The van der Waals surface area contributed by atoms with Crippen molar-refractivity contribution in [2.45, 2.75) is 20.9 Å². The fraction of sp³-hybridized carbons (Fsp3) is 0.0625. The average Bonchev–Trinajstić information content (AvgIpc) is 3.10. The Labute approximate surface area is 164 Å². The molecule has 0 aliphatic carbocycles. The Bertz CT molecular complexity index is 1230. The van der Waals surface area contributed by atoms with Crippen molar-refractivity contribution in [3.63, 3.8) is 0 Å². The summed E-state index contributed by atoms with van der Waals surface area (Å²) >= 11 is 0.647. The molecule has 3 aromatic rings. The van der Waals surface area contributed by atoms with Crippen molar-refractivity contribution in [1.82, 2.24) is 4.98 Å². The van der Waals surface area contributed by atoms with Gasteiger partial charge in [-0.15, -0.1) is 0 Å². The molecule has 0 fully saturated rings. The Morgan fingerprint density at radius 2 is 1.54 bits per heavy atom. The average molecular weight is 439 g/mol. The highest BCUT2D eigenvalue weighted by molar-refractivity contribution is 7.94. The predicted molar refractivity (Wildman–Crippen MR) is 103 cm³/mol. The van der Waals surface area contributed by atoms with Gasteiger partial charge < -0.3 is 0 Å². The number of hydrogen-bond acceptors (Lipinski definition) is 8. The van der Waals surface area contributed by atoms with Gasteiger partial charge in [0.15, 0.2) is 5.13 Å². The molecule has 12 heteroatoms. The second kappa shape index (κ2) is 7.30. The van der Waals surface area contributed by atoms with Crippen LogP contribution in [0.2, 0.25) is 0 Å². The quantitative estimate of drug-likeness (QED) is 0.460. The lowest BCUT2D eigenvalue weighted by Crippen LogP contribution is -2.12. The van der Waals surface area contributed by atoms with Gasteiger partial charge in [-0.05, 0) is 31.2 Å². The van der Waals surface area contributed by atoms with Crippen LogP contribution < -0.4 is 4.72 Å². The van der Waals surface area contributed by atoms with Crippen LogP contribution in [0.1, 0.15) is 5.56 Å². The number of nitro benzene ring substituents is 1. The lowest BCUT2D eigenvalue weighted by Gasteiger charge is -2.05. The number of nitrogens with one attached hydrogen (secondary N) is 1. The van der Waals surface area contributed by atoms with Crippen LogP contribution in [0, 0.1) is 17.0 Å². The maximum atomic E-state index is 12.6. The number of sulfonamides is 1. The van der Waals surface area contributed by atoms with Crippen molar-refractivity contribution >= 4 is 42.0 Å². The molecule has 1 heterocycles. The number of benzene rings is 2. The fourth-order valence-corrected chi connectivity index (χ4v) is 5.86. The minimum Gasteiger partial charge on any atom is -0.258 e. The number of anilines is 1. The molecule has 9 nitrogen and oxygen atoms in total. The molecule has 0 aliphatic heterocycles. The zero-order chi connectivity index (χ0) is 20.5. The summed E-state index contributed by atoms with van der Waals surface area (Å²) in [6.07, 6.45) is 1.04. The molecule has 0 radical (unpaired) electrons. The number of aromatic nitrogens is 1. The van der Waals surface area contributed by atoms with Crippen LogP contribution in [-0.4, -0.2) is 26.7 Å². The van der Waals surface area contributed by atoms with E-state index in [0.29, 0.717) is 11.3 Å². The molecule has 0 bridgehead atoms. The fourth-order valence-electron chi connectivity index (χ4n) is 2.19. The highest BCUT2D eigenvalue weighted by atomic mass is 32.2. The number of nitrogens with zero attached hydrogens (tertiary/aromatic N) is 2. The van der Waals surface area contributed by atoms with Gasteiger partial charge in [0.1, 0.15) is 4.21 Å². The van der Waals surface area contributed by atoms with E-state index in [1.165, 1.54) is 12.1 Å². The molecular formula is C16H13N3O6S3. The van der Waals surface area contributed by atoms with Gasteiger partial charge >= 0.3 is 0 Å². The number of thiazole rings is 1. The standard InChI is InChI=1S/C16H13N3O6S3/c1-11-2-6-14(7-3-11)28(24,25)18-16-17-10-15(26-16)27(22,23)13-8-4-12(5-9-13)19(20)21/h2-10H,1H3,(H,17,18). The van der Waals surface area contributed by atoms with E-state index in [1.54, 1.807) is 12.1 Å². The van der Waals surface area contributed by atoms with E-state index >= 15 is 0 Å². The normalized spacial score (nSPS) is 11.9. The number of nitro groups is 1. The van der Waals surface area contributed by atoms with Gasteiger partial charge in [-0.2, -0.15) is 0 Å². The van der Waals surface area contributed by atoms with Crippen LogP contribution in [-0.2, 0) is 19.9 Å². The van der Waals surface area contributed by atoms with Crippen molar-refractivity contribution in [2.24, 2.45) is 0 Å². The zero-order valence-electron chi connectivity index (χ0n) is 14.3. The molecule has 0 spiro atoms. The smallest absolute Gasteiger partial charge is 0.258 e. The van der Waals surface area contributed by atoms with E-state index in [2.05, 4.69) is 9.71 Å². The Morgan fingerprint density at radius 1 is 0.964 bits per heavy atom. The highest BCUT2D eigenvalue weighted by Gasteiger charge is 2.23. The molecule has 3 rings (SSSR count). The third-order valence-electron chi connectivity index (χ3n) is 3.66. The van der Waals surface area contributed by atoms with Crippen LogP contribution in [0.3, 0.4) is 0 Å². The van der Waals surface area contributed by atoms with Crippen molar-refractivity contribution < 1.29 is 21.8 Å². The Hall–Kier alpha value is -2.83. The molecular weight excluding hydrogens is 426 g/mol. The SMILES string of the molecule is Cc1ccc(S(=O)(=O)Nc2ncc(S(=O)(=O)c3ccc([N+](=O)[O-])cc3)s2)cc1. The Kier molecular flexibility index (Phi) is 5.19. The first-order valence-corrected chi connectivity index (χ1v) is 11.4. The second-order valence-electron chi connectivity index (χ2n) is 5.66. The van der Waals surface area contributed by atoms with Crippen LogP contribution in [0.25, 0.3) is 0 Å². The summed E-state index contributed by atoms with van der Waals surface area (Å²) in [5.41, 5.74) is 0.652. The molecule has 0 amide bonds. The molecule has 0 saturated heterocycles. The molecule has 0 saturated carbocycles. The first kappa shape index (κ1) is 19.9. The Balaban J connectivity index is 1.86. The summed E-state index contributed by atoms with van der Waals surface area (Å²) in [6, 6.07) is 10.5. The molecule has 0 atom stereocenters. The highest BCUT2D eigenvalue weighted by Crippen LogP contribution is 2.30. The van der Waals surface area contributed by atoms with Crippen molar-refractivity contribution in [3.05, 3.63) is 70.4 Å². The van der Waals surface area contributed by atoms with Crippen molar-refractivity contribution in [3.8, 4) is 0 Å². The van der Waals surface area contributed by atoms with Gasteiger partial charge in [-0.25, -0.2) is 21.8 Å². The lowest BCUT2D eigenvalue weighted by atomic mass is 10.2. The third kappa shape index (κ3) is 4.03. The summed E-state index contributed by atoms with van der Waals surface area (Å²) in [5.74, 6) is 0. The maximum Gasteiger partial charge on any atom is 0.269 e. The van der Waals surface area contributed by atoms with Gasteiger partial charge in [0.2, 0.25) is 9.84 Å². The van der Waals surface area contributed by atoms with Crippen LogP contribution >= 0.6 is 11.3 Å². The van der Waals surface area contributed by atoms with E-state index in [0.717, 1.165) is 36.0 Å². The van der Waals surface area contributed by atoms with Crippen molar-refractivity contribution in [2.75, 3.05) is 4.72 Å². The molecule has 0 unspecified atom stereocenters. The van der Waals surface area contributed by atoms with E-state index in [9.17, 15) is 26.9 Å². The molecule has 28 heavy (non-hydrogen) atoms. The summed E-state index contributed by atoms with van der Waals surface area (Å²) in [5, 5.41) is 10.6. The number of aryl methyl sites for hydroxylation is 1. The molecule has 0 aliphatic rings. The first-order chi connectivity index (χ1) is 13.1. The minimum absolute atomic E-state index is 0.0214. The second-order valence-corrected chi connectivity index (χ2v) is 10.5. The summed E-state index contributed by atoms with van der Waals surface area (Å²) in [7, 11) is -7.90. The number of non-ortho nitro benzene ring substituents is 1. The molecule has 146 valence electrons. The van der Waals surface area contributed by atoms with Crippen LogP contribution in [0.5, 0.6) is 0 Å². The maximum absolute atomic E-state index is 12.6. The largest absolute Gasteiger partial charge is 0.269 e.